The number of hydrazone groups is 1. The topological polar surface area (TPSA) is 59.0 Å². The molecule has 2 aromatic carbocycles. The Balaban J connectivity index is 1.18. The van der Waals surface area contributed by atoms with Crippen LogP contribution in [-0.2, 0) is 16.2 Å². The number of nitrogens with zero attached hydrogens (tertiary/aromatic N) is 2. The average molecular weight is 719 g/mol. The number of carbonyl (C=O) groups excluding carboxylic acids is 2. The number of hydrogen-bond acceptors (Lipinski definition) is 4. The molecule has 2 bridgehead atoms. The molecule has 5 nitrogen and oxygen atoms in total. The van der Waals surface area contributed by atoms with E-state index < -0.39 is 0 Å². The van der Waals surface area contributed by atoms with Crippen molar-refractivity contribution in [2.24, 2.45) is 40.6 Å². The van der Waals surface area contributed by atoms with Gasteiger partial charge in [-0.1, -0.05) is 41.4 Å². The summed E-state index contributed by atoms with van der Waals surface area (Å²) in [7, 11) is 0. The zero-order valence-corrected chi connectivity index (χ0v) is 23.5. The maximum atomic E-state index is 13.1. The van der Waals surface area contributed by atoms with Gasteiger partial charge in [0.1, 0.15) is 12.4 Å². The molecule has 1 saturated heterocycles. The highest BCUT2D eigenvalue weighted by Gasteiger charge is 2.67. The van der Waals surface area contributed by atoms with Gasteiger partial charge >= 0.3 is 0 Å². The summed E-state index contributed by atoms with van der Waals surface area (Å²) < 4.78 is 7.83. The first kappa shape index (κ1) is 23.2. The molecule has 2 aromatic rings. The first-order valence-electron chi connectivity index (χ1n) is 11.0. The molecular weight excluding hydrogens is 701 g/mol. The van der Waals surface area contributed by atoms with Gasteiger partial charge in [0.2, 0.25) is 0 Å². The van der Waals surface area contributed by atoms with Gasteiger partial charge in [0.25, 0.3) is 11.8 Å². The number of allylic oxidation sites excluding steroid dienone is 2. The first-order chi connectivity index (χ1) is 16.3. The van der Waals surface area contributed by atoms with Crippen molar-refractivity contribution in [3.63, 3.8) is 0 Å². The second-order valence-electron chi connectivity index (χ2n) is 9.23. The van der Waals surface area contributed by atoms with E-state index >= 15 is 0 Å². The largest absolute Gasteiger partial charge is 0.487 e. The van der Waals surface area contributed by atoms with Crippen LogP contribution < -0.4 is 4.74 Å². The second kappa shape index (κ2) is 8.74. The third-order valence-electron chi connectivity index (χ3n) is 7.37. The normalized spacial score (nSPS) is 30.8. The molecule has 174 valence electrons. The summed E-state index contributed by atoms with van der Waals surface area (Å²) in [5, 5.41) is 6.59. The third kappa shape index (κ3) is 3.81. The summed E-state index contributed by atoms with van der Waals surface area (Å²) in [6.07, 6.45) is 7.07. The molecule has 0 spiro atoms. The predicted octanol–water partition coefficient (Wildman–Crippen LogP) is 6.17. The third-order valence-corrected chi connectivity index (χ3v) is 9.56. The lowest BCUT2D eigenvalue weighted by Crippen LogP contribution is -2.40. The van der Waals surface area contributed by atoms with E-state index in [4.69, 9.17) is 27.9 Å². The van der Waals surface area contributed by atoms with Crippen LogP contribution in [0.3, 0.4) is 0 Å². The highest BCUT2D eigenvalue weighted by atomic mass is 127. The Hall–Kier alpha value is -1.17. The fraction of sp³-hybridized carbons (Fsp3) is 0.320. The Morgan fingerprint density at radius 3 is 2.21 bits per heavy atom. The maximum Gasteiger partial charge on any atom is 0.254 e. The van der Waals surface area contributed by atoms with E-state index in [1.165, 1.54) is 0 Å². The number of halogens is 4. The summed E-state index contributed by atoms with van der Waals surface area (Å²) in [5.41, 5.74) is 1.64. The van der Waals surface area contributed by atoms with E-state index in [0.717, 1.165) is 35.4 Å². The van der Waals surface area contributed by atoms with Gasteiger partial charge in [-0.3, -0.25) is 9.59 Å². The van der Waals surface area contributed by atoms with Crippen molar-refractivity contribution in [3.8, 4) is 5.75 Å². The van der Waals surface area contributed by atoms with Gasteiger partial charge in [-0.05, 0) is 105 Å². The van der Waals surface area contributed by atoms with Crippen LogP contribution in [0.5, 0.6) is 5.75 Å². The van der Waals surface area contributed by atoms with Gasteiger partial charge in [0.05, 0.1) is 25.2 Å². The Bertz CT molecular complexity index is 1240. The molecule has 1 heterocycles. The van der Waals surface area contributed by atoms with Crippen molar-refractivity contribution in [1.29, 1.82) is 0 Å². The molecule has 2 amide bonds. The van der Waals surface area contributed by atoms with E-state index in [9.17, 15) is 9.59 Å². The minimum atomic E-state index is -0.237. The maximum absolute atomic E-state index is 13.1. The van der Waals surface area contributed by atoms with Crippen molar-refractivity contribution < 1.29 is 14.3 Å². The van der Waals surface area contributed by atoms with Crippen LogP contribution in [0.1, 0.15) is 17.5 Å². The molecule has 5 aliphatic rings. The lowest BCUT2D eigenvalue weighted by Gasteiger charge is -2.37. The molecule has 1 aliphatic heterocycles. The van der Waals surface area contributed by atoms with Gasteiger partial charge in [-0.25, -0.2) is 0 Å². The predicted molar refractivity (Wildman–Crippen MR) is 147 cm³/mol. The van der Waals surface area contributed by atoms with E-state index in [1.54, 1.807) is 18.3 Å². The van der Waals surface area contributed by atoms with E-state index in [1.807, 2.05) is 18.2 Å². The standard InChI is InChI=1S/C25H18Cl2I2N2O3/c26-13-2-1-12(18(27)7-13)10-34-23-19(28)5-11(6-20(23)29)9-30-31-24(32)21-14-3-4-15(17-8-16(14)17)22(21)25(31)33/h1-7,9,14-17,21-22H,8,10H2/t14-,15-,16-,17+,21-,22+/m0/s1. The SMILES string of the molecule is O=C1[C@@H]2[C@H]3C=C[C@@H]([C@@H]4C[C@H]34)[C@@H]2C(=O)N1N=Cc1cc(I)c(OCc2ccc(Cl)cc2Cl)c(I)c1. The molecule has 0 radical (unpaired) electrons. The zero-order chi connectivity index (χ0) is 23.7. The van der Waals surface area contributed by atoms with Crippen LogP contribution in [0.2, 0.25) is 10.0 Å². The highest BCUT2D eigenvalue weighted by Crippen LogP contribution is 2.65. The molecule has 34 heavy (non-hydrogen) atoms. The van der Waals surface area contributed by atoms with Crippen LogP contribution in [0, 0.1) is 42.6 Å². The molecule has 6 atom stereocenters. The zero-order valence-electron chi connectivity index (χ0n) is 17.6. The summed E-state index contributed by atoms with van der Waals surface area (Å²) in [5.74, 6) is 1.52. The molecule has 9 heteroatoms. The van der Waals surface area contributed by atoms with Gasteiger partial charge in [0, 0.05) is 15.6 Å². The molecule has 0 unspecified atom stereocenters. The van der Waals surface area contributed by atoms with Crippen molar-refractivity contribution in [2.45, 2.75) is 13.0 Å². The smallest absolute Gasteiger partial charge is 0.254 e. The van der Waals surface area contributed by atoms with Crippen molar-refractivity contribution in [3.05, 3.63) is 70.8 Å². The summed E-state index contributed by atoms with van der Waals surface area (Å²) in [6, 6.07) is 9.16. The average Bonchev–Trinajstić information content (AvgIpc) is 3.57. The first-order valence-corrected chi connectivity index (χ1v) is 13.9. The van der Waals surface area contributed by atoms with Crippen molar-refractivity contribution >= 4 is 86.4 Å². The lowest BCUT2D eigenvalue weighted by molar-refractivity contribution is -0.140. The number of amides is 2. The summed E-state index contributed by atoms with van der Waals surface area (Å²) >= 11 is 16.6. The van der Waals surface area contributed by atoms with Crippen molar-refractivity contribution in [1.82, 2.24) is 5.01 Å². The fourth-order valence-corrected chi connectivity index (χ4v) is 8.35. The van der Waals surface area contributed by atoms with Crippen LogP contribution >= 0.6 is 68.4 Å². The van der Waals surface area contributed by atoms with E-state index in [-0.39, 0.29) is 35.5 Å². The minimum absolute atomic E-state index is 0.153. The number of carbonyl (C=O) groups is 2. The molecule has 0 N–H and O–H groups in total. The number of ether oxygens (including phenoxy) is 1. The molecule has 4 aliphatic carbocycles. The number of hydrogen-bond donors (Lipinski definition) is 0. The highest BCUT2D eigenvalue weighted by molar-refractivity contribution is 14.1. The van der Waals surface area contributed by atoms with Gasteiger partial charge in [-0.2, -0.15) is 10.1 Å². The Morgan fingerprint density at radius 2 is 1.62 bits per heavy atom. The van der Waals surface area contributed by atoms with Crippen LogP contribution in [-0.4, -0.2) is 23.0 Å². The molecular formula is C25H18Cl2I2N2O3. The van der Waals surface area contributed by atoms with Gasteiger partial charge in [0.15, 0.2) is 0 Å². The molecule has 7 rings (SSSR count). The number of rotatable bonds is 5. The fourth-order valence-electron chi connectivity index (χ4n) is 5.76. The monoisotopic (exact) mass is 718 g/mol. The van der Waals surface area contributed by atoms with Gasteiger partial charge < -0.3 is 4.74 Å². The molecule has 2 saturated carbocycles. The summed E-state index contributed by atoms with van der Waals surface area (Å²) in [6.45, 7) is 0.313. The van der Waals surface area contributed by atoms with Crippen molar-refractivity contribution in [2.75, 3.05) is 0 Å². The number of benzene rings is 2. The van der Waals surface area contributed by atoms with Crippen LogP contribution in [0.25, 0.3) is 0 Å². The Morgan fingerprint density at radius 1 is 1.00 bits per heavy atom. The van der Waals surface area contributed by atoms with Crippen LogP contribution in [0.4, 0.5) is 0 Å². The van der Waals surface area contributed by atoms with E-state index in [0.29, 0.717) is 28.5 Å². The van der Waals surface area contributed by atoms with Gasteiger partial charge in [-0.15, -0.1) is 0 Å². The number of imide groups is 1. The minimum Gasteiger partial charge on any atom is -0.487 e. The lowest BCUT2D eigenvalue weighted by atomic mass is 9.63. The second-order valence-corrected chi connectivity index (χ2v) is 12.4. The Kier molecular flexibility index (Phi) is 5.98. The Labute approximate surface area is 234 Å². The quantitative estimate of drug-likeness (QED) is 0.161. The van der Waals surface area contributed by atoms with Crippen LogP contribution in [0.15, 0.2) is 47.6 Å². The molecule has 0 aromatic heterocycles. The van der Waals surface area contributed by atoms with E-state index in [2.05, 4.69) is 62.4 Å². The summed E-state index contributed by atoms with van der Waals surface area (Å²) in [4.78, 5) is 26.2. The molecule has 3 fully saturated rings.